The first-order valence-corrected chi connectivity index (χ1v) is 9.60. The summed E-state index contributed by atoms with van der Waals surface area (Å²) in [7, 11) is 0. The number of hydrogen-bond acceptors (Lipinski definition) is 4. The molecule has 0 spiro atoms. The fourth-order valence-corrected chi connectivity index (χ4v) is 3.98. The molecule has 0 bridgehead atoms. The van der Waals surface area contributed by atoms with Crippen molar-refractivity contribution in [1.82, 2.24) is 5.32 Å². The molecule has 1 aromatic carbocycles. The van der Waals surface area contributed by atoms with Gasteiger partial charge in [-0.05, 0) is 50.7 Å². The molecule has 1 amide bonds. The average Bonchev–Trinajstić information content (AvgIpc) is 2.64. The van der Waals surface area contributed by atoms with Gasteiger partial charge in [-0.3, -0.25) is 4.79 Å². The topological polar surface area (TPSA) is 84.4 Å². The predicted molar refractivity (Wildman–Crippen MR) is 101 cm³/mol. The first kappa shape index (κ1) is 20.5. The molecule has 2 aliphatic rings. The van der Waals surface area contributed by atoms with E-state index in [1.807, 2.05) is 4.90 Å². The Balaban J connectivity index is 1.72. The van der Waals surface area contributed by atoms with Crippen LogP contribution in [-0.2, 0) is 0 Å². The van der Waals surface area contributed by atoms with Gasteiger partial charge in [0.2, 0.25) is 0 Å². The second kappa shape index (κ2) is 8.05. The Morgan fingerprint density at radius 3 is 2.14 bits per heavy atom. The Morgan fingerprint density at radius 1 is 1.00 bits per heavy atom. The van der Waals surface area contributed by atoms with Crippen molar-refractivity contribution in [3.63, 3.8) is 0 Å². The number of halogens is 4. The molecule has 9 heteroatoms. The van der Waals surface area contributed by atoms with Crippen molar-refractivity contribution in [3.8, 4) is 0 Å². The number of carbonyl (C=O) groups excluding carboxylic acids is 1. The van der Waals surface area contributed by atoms with Crippen molar-refractivity contribution in [1.29, 1.82) is 0 Å². The Bertz CT molecular complexity index is 709. The number of nitrogens with one attached hydrogen (secondary N) is 1. The molecule has 1 aliphatic heterocycles. The van der Waals surface area contributed by atoms with Crippen molar-refractivity contribution in [2.45, 2.75) is 56.9 Å². The third-order valence-corrected chi connectivity index (χ3v) is 5.74. The molecule has 1 saturated heterocycles. The maximum Gasteiger partial charge on any atom is 0.391 e. The molecule has 0 unspecified atom stereocenters. The van der Waals surface area contributed by atoms with E-state index in [1.54, 1.807) is 6.07 Å². The quantitative estimate of drug-likeness (QED) is 0.532. The van der Waals surface area contributed by atoms with Gasteiger partial charge in [0.25, 0.3) is 5.91 Å². The molecule has 1 aromatic rings. The van der Waals surface area contributed by atoms with Crippen LogP contribution in [0.5, 0.6) is 0 Å². The normalized spacial score (nSPS) is 24.2. The summed E-state index contributed by atoms with van der Waals surface area (Å²) in [5.41, 5.74) is 13.3. The zero-order valence-electron chi connectivity index (χ0n) is 15.6. The van der Waals surface area contributed by atoms with Crippen LogP contribution in [0, 0.1) is 5.92 Å². The molecule has 1 aliphatic carbocycles. The summed E-state index contributed by atoms with van der Waals surface area (Å²) in [6.45, 7) is 0.920. The number of benzene rings is 1. The van der Waals surface area contributed by atoms with Crippen LogP contribution in [0.2, 0.25) is 0 Å². The Kier molecular flexibility index (Phi) is 5.90. The van der Waals surface area contributed by atoms with Crippen LogP contribution in [0.1, 0.15) is 48.9 Å². The summed E-state index contributed by atoms with van der Waals surface area (Å²) >= 11 is 0. The summed E-state index contributed by atoms with van der Waals surface area (Å²) in [6.07, 6.45) is -3.73. The molecule has 5 nitrogen and oxygen atoms in total. The van der Waals surface area contributed by atoms with E-state index >= 15 is 0 Å². The highest BCUT2D eigenvalue weighted by molar-refractivity contribution is 6.02. The molecular formula is C19H26F4N4O. The second-order valence-electron chi connectivity index (χ2n) is 7.72. The minimum absolute atomic E-state index is 0.00912. The molecule has 156 valence electrons. The summed E-state index contributed by atoms with van der Waals surface area (Å²) in [5.74, 6) is -1.69. The van der Waals surface area contributed by atoms with Crippen molar-refractivity contribution in [2.24, 2.45) is 5.92 Å². The molecule has 1 saturated carbocycles. The fraction of sp³-hybridized carbons (Fsp3) is 0.632. The van der Waals surface area contributed by atoms with Gasteiger partial charge in [0, 0.05) is 19.1 Å². The summed E-state index contributed by atoms with van der Waals surface area (Å²) in [4.78, 5) is 14.8. The highest BCUT2D eigenvalue weighted by atomic mass is 19.4. The Labute approximate surface area is 161 Å². The molecule has 3 rings (SSSR count). The number of hydrogen-bond donors (Lipinski definition) is 3. The Morgan fingerprint density at radius 2 is 1.57 bits per heavy atom. The Hall–Kier alpha value is -2.19. The number of nitrogen functional groups attached to an aromatic ring is 2. The van der Waals surface area contributed by atoms with Crippen molar-refractivity contribution in [2.75, 3.05) is 29.5 Å². The summed E-state index contributed by atoms with van der Waals surface area (Å²) < 4.78 is 51.9. The lowest BCUT2D eigenvalue weighted by Gasteiger charge is -2.33. The standard InChI is InChI=1S/C19H26F4N4O/c20-12-5-7-27(8-6-12)17-10-16(25)15(24)9-14(17)18(28)26-13-3-1-11(2-4-13)19(21,22)23/h9-13H,1-8,24-25H2,(H,26,28). The van der Waals surface area contributed by atoms with Gasteiger partial charge in [-0.1, -0.05) is 0 Å². The maximum atomic E-state index is 13.5. The highest BCUT2D eigenvalue weighted by Crippen LogP contribution is 2.38. The monoisotopic (exact) mass is 402 g/mol. The third-order valence-electron chi connectivity index (χ3n) is 5.74. The number of piperidine rings is 1. The number of nitrogens with two attached hydrogens (primary N) is 2. The van der Waals surface area contributed by atoms with E-state index in [0.717, 1.165) is 0 Å². The van der Waals surface area contributed by atoms with E-state index in [4.69, 9.17) is 11.5 Å². The zero-order chi connectivity index (χ0) is 20.5. The SMILES string of the molecule is Nc1cc(C(=O)NC2CCC(C(F)(F)F)CC2)c(N2CCC(F)CC2)cc1N. The number of alkyl halides is 4. The fourth-order valence-electron chi connectivity index (χ4n) is 3.98. The van der Waals surface area contributed by atoms with Crippen molar-refractivity contribution >= 4 is 23.0 Å². The van der Waals surface area contributed by atoms with E-state index in [9.17, 15) is 22.4 Å². The molecular weight excluding hydrogens is 376 g/mol. The van der Waals surface area contributed by atoms with Crippen LogP contribution in [0.15, 0.2) is 12.1 Å². The lowest BCUT2D eigenvalue weighted by molar-refractivity contribution is -0.182. The van der Waals surface area contributed by atoms with Gasteiger partial charge in [-0.2, -0.15) is 13.2 Å². The molecule has 1 heterocycles. The first-order valence-electron chi connectivity index (χ1n) is 9.60. The van der Waals surface area contributed by atoms with Crippen molar-refractivity contribution < 1.29 is 22.4 Å². The van der Waals surface area contributed by atoms with Gasteiger partial charge in [0.05, 0.1) is 28.5 Å². The second-order valence-corrected chi connectivity index (χ2v) is 7.72. The van der Waals surface area contributed by atoms with E-state index in [0.29, 0.717) is 42.9 Å². The van der Waals surface area contributed by atoms with Gasteiger partial charge in [0.15, 0.2) is 0 Å². The number of anilines is 3. The number of rotatable bonds is 3. The molecule has 0 radical (unpaired) electrons. The average molecular weight is 402 g/mol. The molecule has 2 fully saturated rings. The van der Waals surface area contributed by atoms with Crippen LogP contribution < -0.4 is 21.7 Å². The molecule has 5 N–H and O–H groups in total. The van der Waals surface area contributed by atoms with Crippen LogP contribution >= 0.6 is 0 Å². The summed E-state index contributed by atoms with van der Waals surface area (Å²) in [5, 5.41) is 2.84. The van der Waals surface area contributed by atoms with Gasteiger partial charge in [0.1, 0.15) is 6.17 Å². The lowest BCUT2D eigenvalue weighted by atomic mass is 9.85. The smallest absolute Gasteiger partial charge is 0.391 e. The highest BCUT2D eigenvalue weighted by Gasteiger charge is 2.41. The molecule has 0 atom stereocenters. The minimum atomic E-state index is -4.18. The van der Waals surface area contributed by atoms with E-state index in [1.165, 1.54) is 6.07 Å². The third kappa shape index (κ3) is 4.62. The van der Waals surface area contributed by atoms with Gasteiger partial charge in [-0.15, -0.1) is 0 Å². The maximum absolute atomic E-state index is 13.5. The van der Waals surface area contributed by atoms with Crippen LogP contribution in [-0.4, -0.2) is 37.4 Å². The van der Waals surface area contributed by atoms with Gasteiger partial charge >= 0.3 is 6.18 Å². The number of carbonyl (C=O) groups is 1. The van der Waals surface area contributed by atoms with Crippen LogP contribution in [0.3, 0.4) is 0 Å². The first-order chi connectivity index (χ1) is 13.1. The van der Waals surface area contributed by atoms with Crippen LogP contribution in [0.4, 0.5) is 34.6 Å². The largest absolute Gasteiger partial charge is 0.397 e. The predicted octanol–water partition coefficient (Wildman–Crippen LogP) is 3.64. The molecule has 0 aromatic heterocycles. The van der Waals surface area contributed by atoms with E-state index < -0.39 is 18.3 Å². The number of amides is 1. The van der Waals surface area contributed by atoms with E-state index in [-0.39, 0.29) is 43.3 Å². The van der Waals surface area contributed by atoms with Gasteiger partial charge < -0.3 is 21.7 Å². The van der Waals surface area contributed by atoms with Gasteiger partial charge in [-0.25, -0.2) is 4.39 Å². The van der Waals surface area contributed by atoms with E-state index in [2.05, 4.69) is 5.32 Å². The van der Waals surface area contributed by atoms with Crippen LogP contribution in [0.25, 0.3) is 0 Å². The summed E-state index contributed by atoms with van der Waals surface area (Å²) in [6, 6.07) is 2.79. The lowest BCUT2D eigenvalue weighted by Crippen LogP contribution is -2.41. The zero-order valence-corrected chi connectivity index (χ0v) is 15.6. The van der Waals surface area contributed by atoms with Crippen molar-refractivity contribution in [3.05, 3.63) is 17.7 Å². The molecule has 28 heavy (non-hydrogen) atoms. The number of nitrogens with zero attached hydrogens (tertiary/aromatic N) is 1. The minimum Gasteiger partial charge on any atom is -0.397 e.